The lowest BCUT2D eigenvalue weighted by Gasteiger charge is -2.06. The molecule has 0 amide bonds. The molecule has 0 bridgehead atoms. The second-order valence-corrected chi connectivity index (χ2v) is 6.12. The highest BCUT2D eigenvalue weighted by Crippen LogP contribution is 2.18. The van der Waals surface area contributed by atoms with E-state index in [0.717, 1.165) is 11.3 Å². The number of esters is 1. The van der Waals surface area contributed by atoms with Crippen molar-refractivity contribution in [1.29, 1.82) is 0 Å². The molecule has 0 radical (unpaired) electrons. The van der Waals surface area contributed by atoms with Crippen molar-refractivity contribution >= 4 is 17.8 Å². The Morgan fingerprint density at radius 3 is 2.00 bits per heavy atom. The number of ketones is 1. The summed E-state index contributed by atoms with van der Waals surface area (Å²) in [5.41, 5.74) is 1.77. The fourth-order valence-corrected chi connectivity index (χ4v) is 2.59. The van der Waals surface area contributed by atoms with E-state index in [2.05, 4.69) is 0 Å². The summed E-state index contributed by atoms with van der Waals surface area (Å²) in [7, 11) is 3.15. The van der Waals surface area contributed by atoms with Crippen molar-refractivity contribution in [3.63, 3.8) is 0 Å². The third-order valence-corrected chi connectivity index (χ3v) is 4.20. The third-order valence-electron chi connectivity index (χ3n) is 4.20. The van der Waals surface area contributed by atoms with E-state index >= 15 is 0 Å². The fourth-order valence-electron chi connectivity index (χ4n) is 2.59. The molecule has 0 aromatic heterocycles. The third kappa shape index (κ3) is 5.32. The molecule has 5 heteroatoms. The summed E-state index contributed by atoms with van der Waals surface area (Å²) in [4.78, 5) is 24.5. The zero-order valence-corrected chi connectivity index (χ0v) is 16.1. The molecule has 0 heterocycles. The lowest BCUT2D eigenvalue weighted by Crippen LogP contribution is -2.08. The van der Waals surface area contributed by atoms with Crippen LogP contribution in [0.1, 0.15) is 26.3 Å². The van der Waals surface area contributed by atoms with E-state index in [1.165, 1.54) is 6.08 Å². The minimum absolute atomic E-state index is 0.152. The average molecular weight is 388 g/mol. The molecule has 0 N–H and O–H groups in total. The SMILES string of the molecule is COc1ccc(C(=O)Oc2ccc(C(=O)C=Cc3cccc(OC)c3)cc2)cc1. The average Bonchev–Trinajstić information content (AvgIpc) is 2.78. The zero-order valence-electron chi connectivity index (χ0n) is 16.1. The number of rotatable bonds is 7. The molecule has 3 aromatic rings. The quantitative estimate of drug-likeness (QED) is 0.251. The highest BCUT2D eigenvalue weighted by atomic mass is 16.5. The van der Waals surface area contributed by atoms with Gasteiger partial charge in [-0.25, -0.2) is 4.79 Å². The van der Waals surface area contributed by atoms with Gasteiger partial charge in [0, 0.05) is 5.56 Å². The molecule has 0 saturated carbocycles. The maximum absolute atomic E-state index is 12.4. The first-order valence-electron chi connectivity index (χ1n) is 8.92. The van der Waals surface area contributed by atoms with Crippen molar-refractivity contribution in [2.75, 3.05) is 14.2 Å². The van der Waals surface area contributed by atoms with Crippen LogP contribution in [-0.4, -0.2) is 26.0 Å². The van der Waals surface area contributed by atoms with Gasteiger partial charge in [-0.2, -0.15) is 0 Å². The van der Waals surface area contributed by atoms with Gasteiger partial charge in [-0.1, -0.05) is 18.2 Å². The number of ether oxygens (including phenoxy) is 3. The van der Waals surface area contributed by atoms with Crippen LogP contribution in [0, 0.1) is 0 Å². The van der Waals surface area contributed by atoms with Crippen LogP contribution in [0.4, 0.5) is 0 Å². The first-order valence-corrected chi connectivity index (χ1v) is 8.92. The summed E-state index contributed by atoms with van der Waals surface area (Å²) >= 11 is 0. The van der Waals surface area contributed by atoms with Gasteiger partial charge >= 0.3 is 5.97 Å². The van der Waals surface area contributed by atoms with Gasteiger partial charge in [-0.3, -0.25) is 4.79 Å². The Kier molecular flexibility index (Phi) is 6.43. The summed E-state index contributed by atoms with van der Waals surface area (Å²) in [6.45, 7) is 0. The standard InChI is InChI=1S/C24H20O5/c1-27-20-11-9-19(10-12-20)24(26)29-21-13-7-18(8-14-21)23(25)15-6-17-4-3-5-22(16-17)28-2/h3-16H,1-2H3. The Hall–Kier alpha value is -3.86. The Labute approximate surface area is 169 Å². The molecular weight excluding hydrogens is 368 g/mol. The Morgan fingerprint density at radius 1 is 0.724 bits per heavy atom. The lowest BCUT2D eigenvalue weighted by molar-refractivity contribution is 0.0734. The zero-order chi connectivity index (χ0) is 20.6. The van der Waals surface area contributed by atoms with Crippen molar-refractivity contribution in [3.8, 4) is 17.2 Å². The molecule has 146 valence electrons. The maximum Gasteiger partial charge on any atom is 0.343 e. The van der Waals surface area contributed by atoms with E-state index in [4.69, 9.17) is 14.2 Å². The molecule has 5 nitrogen and oxygen atoms in total. The van der Waals surface area contributed by atoms with Gasteiger partial charge in [0.15, 0.2) is 5.78 Å². The fraction of sp³-hybridized carbons (Fsp3) is 0.0833. The van der Waals surface area contributed by atoms with Crippen LogP contribution >= 0.6 is 0 Å². The van der Waals surface area contributed by atoms with Crippen LogP contribution in [0.2, 0.25) is 0 Å². The van der Waals surface area contributed by atoms with Crippen molar-refractivity contribution in [1.82, 2.24) is 0 Å². The number of methoxy groups -OCH3 is 2. The first-order chi connectivity index (χ1) is 14.1. The Bertz CT molecular complexity index is 1020. The molecule has 0 atom stereocenters. The summed E-state index contributed by atoms with van der Waals surface area (Å²) in [6, 6.07) is 20.5. The van der Waals surface area contributed by atoms with Gasteiger partial charge in [-0.05, 0) is 72.3 Å². The van der Waals surface area contributed by atoms with Gasteiger partial charge in [0.1, 0.15) is 17.2 Å². The van der Waals surface area contributed by atoms with Gasteiger partial charge < -0.3 is 14.2 Å². The van der Waals surface area contributed by atoms with Gasteiger partial charge in [0.05, 0.1) is 19.8 Å². The summed E-state index contributed by atoms with van der Waals surface area (Å²) in [5.74, 6) is 1.11. The smallest absolute Gasteiger partial charge is 0.343 e. The van der Waals surface area contributed by atoms with Crippen LogP contribution in [0.3, 0.4) is 0 Å². The van der Waals surface area contributed by atoms with E-state index in [1.54, 1.807) is 68.8 Å². The molecule has 29 heavy (non-hydrogen) atoms. The van der Waals surface area contributed by atoms with E-state index in [1.807, 2.05) is 24.3 Å². The van der Waals surface area contributed by atoms with Crippen molar-refractivity contribution < 1.29 is 23.8 Å². The number of carbonyl (C=O) groups excluding carboxylic acids is 2. The number of benzene rings is 3. The summed E-state index contributed by atoms with van der Waals surface area (Å²) < 4.78 is 15.6. The second kappa shape index (κ2) is 9.37. The predicted octanol–water partition coefficient (Wildman–Crippen LogP) is 4.82. The van der Waals surface area contributed by atoms with Crippen LogP contribution in [0.5, 0.6) is 17.2 Å². The predicted molar refractivity (Wildman–Crippen MR) is 111 cm³/mol. The summed E-state index contributed by atoms with van der Waals surface area (Å²) in [5, 5.41) is 0. The number of hydrogen-bond acceptors (Lipinski definition) is 5. The summed E-state index contributed by atoms with van der Waals surface area (Å²) in [6.07, 6.45) is 3.22. The minimum Gasteiger partial charge on any atom is -0.497 e. The minimum atomic E-state index is -0.482. The lowest BCUT2D eigenvalue weighted by atomic mass is 10.1. The molecule has 0 spiro atoms. The molecule has 3 aromatic carbocycles. The molecule has 0 aliphatic rings. The van der Waals surface area contributed by atoms with Crippen molar-refractivity contribution in [2.24, 2.45) is 0 Å². The molecule has 3 rings (SSSR count). The Morgan fingerprint density at radius 2 is 1.34 bits per heavy atom. The number of hydrogen-bond donors (Lipinski definition) is 0. The van der Waals surface area contributed by atoms with E-state index in [0.29, 0.717) is 22.6 Å². The van der Waals surface area contributed by atoms with Gasteiger partial charge in [0.25, 0.3) is 0 Å². The Balaban J connectivity index is 1.63. The van der Waals surface area contributed by atoms with Crippen LogP contribution in [-0.2, 0) is 0 Å². The molecule has 0 fully saturated rings. The van der Waals surface area contributed by atoms with E-state index in [-0.39, 0.29) is 5.78 Å². The molecule has 0 aliphatic carbocycles. The van der Waals surface area contributed by atoms with E-state index < -0.39 is 5.97 Å². The van der Waals surface area contributed by atoms with Crippen LogP contribution in [0.15, 0.2) is 78.9 Å². The second-order valence-electron chi connectivity index (χ2n) is 6.12. The number of carbonyl (C=O) groups is 2. The van der Waals surface area contributed by atoms with Crippen molar-refractivity contribution in [2.45, 2.75) is 0 Å². The highest BCUT2D eigenvalue weighted by Gasteiger charge is 2.09. The van der Waals surface area contributed by atoms with Gasteiger partial charge in [0.2, 0.25) is 0 Å². The number of allylic oxidation sites excluding steroid dienone is 1. The monoisotopic (exact) mass is 388 g/mol. The van der Waals surface area contributed by atoms with Crippen LogP contribution < -0.4 is 14.2 Å². The first kappa shape index (κ1) is 19.9. The van der Waals surface area contributed by atoms with Crippen LogP contribution in [0.25, 0.3) is 6.08 Å². The highest BCUT2D eigenvalue weighted by molar-refractivity contribution is 6.06. The molecule has 0 saturated heterocycles. The van der Waals surface area contributed by atoms with Crippen molar-refractivity contribution in [3.05, 3.63) is 95.6 Å². The largest absolute Gasteiger partial charge is 0.497 e. The van der Waals surface area contributed by atoms with E-state index in [9.17, 15) is 9.59 Å². The maximum atomic E-state index is 12.4. The molecular formula is C24H20O5. The topological polar surface area (TPSA) is 61.8 Å². The molecule has 0 unspecified atom stereocenters. The molecule has 0 aliphatic heterocycles. The van der Waals surface area contributed by atoms with Gasteiger partial charge in [-0.15, -0.1) is 0 Å². The normalized spacial score (nSPS) is 10.6.